The number of nitrogens with one attached hydrogen (secondary N) is 1. The molecule has 1 amide bonds. The fraction of sp³-hybridized carbons (Fsp3) is 0.406. The molecule has 0 bridgehead atoms. The van der Waals surface area contributed by atoms with Crippen LogP contribution >= 0.6 is 0 Å². The van der Waals surface area contributed by atoms with E-state index in [0.29, 0.717) is 6.61 Å². The predicted molar refractivity (Wildman–Crippen MR) is 151 cm³/mol. The second-order valence-electron chi connectivity index (χ2n) is 10.7. The molecule has 3 aromatic rings. The minimum absolute atomic E-state index is 0.0732. The highest BCUT2D eigenvalue weighted by atomic mass is 16.5. The molecule has 1 heterocycles. The van der Waals surface area contributed by atoms with E-state index in [2.05, 4.69) is 57.0 Å². The molecule has 3 aromatic carbocycles. The summed E-state index contributed by atoms with van der Waals surface area (Å²) >= 11 is 0. The molecule has 1 unspecified atom stereocenters. The molecule has 37 heavy (non-hydrogen) atoms. The van der Waals surface area contributed by atoms with Crippen molar-refractivity contribution in [1.82, 2.24) is 4.90 Å². The Labute approximate surface area is 221 Å². The number of rotatable bonds is 10. The van der Waals surface area contributed by atoms with E-state index in [0.717, 1.165) is 65.5 Å². The van der Waals surface area contributed by atoms with E-state index in [-0.39, 0.29) is 11.3 Å². The summed E-state index contributed by atoms with van der Waals surface area (Å²) in [6.45, 7) is 14.4. The van der Waals surface area contributed by atoms with Gasteiger partial charge >= 0.3 is 0 Å². The number of ether oxygens (including phenoxy) is 2. The molecule has 0 aromatic heterocycles. The lowest BCUT2D eigenvalue weighted by Crippen LogP contribution is -2.38. The first kappa shape index (κ1) is 26.7. The topological polar surface area (TPSA) is 50.8 Å². The Hall–Kier alpha value is -3.31. The van der Waals surface area contributed by atoms with Gasteiger partial charge in [-0.3, -0.25) is 4.79 Å². The van der Waals surface area contributed by atoms with Gasteiger partial charge in [-0.1, -0.05) is 71.0 Å². The van der Waals surface area contributed by atoms with E-state index in [4.69, 9.17) is 9.47 Å². The van der Waals surface area contributed by atoms with Gasteiger partial charge < -0.3 is 19.7 Å². The van der Waals surface area contributed by atoms with Crippen LogP contribution in [0.3, 0.4) is 0 Å². The fourth-order valence-electron chi connectivity index (χ4n) is 5.25. The van der Waals surface area contributed by atoms with E-state index in [1.165, 1.54) is 0 Å². The number of methoxy groups -OCH3 is 1. The van der Waals surface area contributed by atoms with Crippen molar-refractivity contribution in [3.8, 4) is 11.5 Å². The molecule has 0 spiro atoms. The minimum Gasteiger partial charge on any atom is -0.497 e. The number of carbonyl (C=O) groups excluding carboxylic acids is 1. The van der Waals surface area contributed by atoms with Crippen molar-refractivity contribution in [2.45, 2.75) is 51.9 Å². The molecule has 0 aliphatic carbocycles. The van der Waals surface area contributed by atoms with Crippen LogP contribution in [0.2, 0.25) is 0 Å². The molecule has 1 aliphatic heterocycles. The summed E-state index contributed by atoms with van der Waals surface area (Å²) in [5.41, 5.74) is 3.52. The second-order valence-corrected chi connectivity index (χ2v) is 10.7. The monoisotopic (exact) mass is 500 g/mol. The number of anilines is 1. The van der Waals surface area contributed by atoms with Crippen LogP contribution in [0.4, 0.5) is 5.69 Å². The average Bonchev–Trinajstić information content (AvgIpc) is 3.20. The summed E-state index contributed by atoms with van der Waals surface area (Å²) < 4.78 is 11.9. The lowest BCUT2D eigenvalue weighted by Gasteiger charge is -2.33. The zero-order chi connectivity index (χ0) is 26.6. The highest BCUT2D eigenvalue weighted by Crippen LogP contribution is 2.51. The first-order chi connectivity index (χ1) is 17.7. The van der Waals surface area contributed by atoms with Crippen LogP contribution in [-0.2, 0) is 15.6 Å². The summed E-state index contributed by atoms with van der Waals surface area (Å²) in [6, 6.07) is 22.1. The number of benzene rings is 3. The summed E-state index contributed by atoms with van der Waals surface area (Å²) in [7, 11) is 1.65. The zero-order valence-corrected chi connectivity index (χ0v) is 23.1. The third-order valence-electron chi connectivity index (χ3n) is 7.34. The normalized spacial score (nSPS) is 17.0. The minimum atomic E-state index is -1.05. The number of hydrogen-bond donors (Lipinski definition) is 1. The molecular formula is C32H40N2O3. The molecule has 1 atom stereocenters. The van der Waals surface area contributed by atoms with Crippen molar-refractivity contribution in [3.63, 3.8) is 0 Å². The number of nitrogens with zero attached hydrogens (tertiary/aromatic N) is 1. The van der Waals surface area contributed by atoms with E-state index in [1.807, 2.05) is 54.6 Å². The zero-order valence-electron chi connectivity index (χ0n) is 23.1. The van der Waals surface area contributed by atoms with E-state index in [9.17, 15) is 4.79 Å². The van der Waals surface area contributed by atoms with Crippen molar-refractivity contribution >= 4 is 11.6 Å². The maximum atomic E-state index is 14.1. The molecule has 1 aliphatic rings. The lowest BCUT2D eigenvalue weighted by atomic mass is 9.68. The Morgan fingerprint density at radius 1 is 0.919 bits per heavy atom. The van der Waals surface area contributed by atoms with Crippen LogP contribution in [0, 0.1) is 0 Å². The largest absolute Gasteiger partial charge is 0.497 e. The molecule has 0 fully saturated rings. The highest BCUT2D eigenvalue weighted by Gasteiger charge is 2.51. The van der Waals surface area contributed by atoms with E-state index < -0.39 is 5.41 Å². The molecule has 0 saturated carbocycles. The second kappa shape index (κ2) is 11.0. The highest BCUT2D eigenvalue weighted by molar-refractivity contribution is 6.11. The van der Waals surface area contributed by atoms with Gasteiger partial charge in [-0.05, 0) is 66.4 Å². The van der Waals surface area contributed by atoms with Gasteiger partial charge in [0.15, 0.2) is 0 Å². The van der Waals surface area contributed by atoms with Gasteiger partial charge in [0.05, 0.1) is 7.11 Å². The Kier molecular flexibility index (Phi) is 7.93. The van der Waals surface area contributed by atoms with Crippen LogP contribution in [0.25, 0.3) is 0 Å². The number of carbonyl (C=O) groups is 1. The van der Waals surface area contributed by atoms with Gasteiger partial charge in [-0.2, -0.15) is 0 Å². The molecule has 5 heteroatoms. The SMILES string of the molecule is CCCN(CC)CCOc1ccc(C(C)(C)C)cc1C1(c2ccc(OC)cc2)C(=O)Nc2ccccc21. The number of fused-ring (bicyclic) bond motifs is 1. The van der Waals surface area contributed by atoms with Gasteiger partial charge in [-0.25, -0.2) is 0 Å². The maximum absolute atomic E-state index is 14.1. The Bertz CT molecular complexity index is 1230. The Balaban J connectivity index is 1.91. The van der Waals surface area contributed by atoms with Crippen LogP contribution in [0.15, 0.2) is 66.7 Å². The fourth-order valence-corrected chi connectivity index (χ4v) is 5.25. The summed E-state index contributed by atoms with van der Waals surface area (Å²) in [5, 5.41) is 3.17. The number of likely N-dealkylation sites (N-methyl/N-ethyl adjacent to an activating group) is 1. The molecular weight excluding hydrogens is 460 g/mol. The van der Waals surface area contributed by atoms with Crippen LogP contribution in [0.5, 0.6) is 11.5 Å². The number of para-hydroxylation sites is 1. The number of amides is 1. The van der Waals surface area contributed by atoms with Crippen molar-refractivity contribution in [1.29, 1.82) is 0 Å². The summed E-state index contributed by atoms with van der Waals surface area (Å²) in [6.07, 6.45) is 1.11. The Morgan fingerprint density at radius 2 is 1.65 bits per heavy atom. The van der Waals surface area contributed by atoms with Crippen LogP contribution < -0.4 is 14.8 Å². The summed E-state index contributed by atoms with van der Waals surface area (Å²) in [5.74, 6) is 1.42. The quantitative estimate of drug-likeness (QED) is 0.350. The van der Waals surface area contributed by atoms with E-state index >= 15 is 0 Å². The van der Waals surface area contributed by atoms with Crippen molar-refractivity contribution < 1.29 is 14.3 Å². The van der Waals surface area contributed by atoms with Gasteiger partial charge in [-0.15, -0.1) is 0 Å². The average molecular weight is 501 g/mol. The van der Waals surface area contributed by atoms with Crippen molar-refractivity contribution in [2.24, 2.45) is 0 Å². The predicted octanol–water partition coefficient (Wildman–Crippen LogP) is 6.39. The van der Waals surface area contributed by atoms with Gasteiger partial charge in [0.25, 0.3) is 0 Å². The molecule has 5 nitrogen and oxygen atoms in total. The van der Waals surface area contributed by atoms with Crippen molar-refractivity contribution in [2.75, 3.05) is 38.7 Å². The van der Waals surface area contributed by atoms with E-state index in [1.54, 1.807) is 7.11 Å². The smallest absolute Gasteiger partial charge is 0.244 e. The van der Waals surface area contributed by atoms with Gasteiger partial charge in [0.2, 0.25) is 5.91 Å². The molecule has 0 saturated heterocycles. The van der Waals surface area contributed by atoms with Crippen molar-refractivity contribution in [3.05, 3.63) is 89.0 Å². The third kappa shape index (κ3) is 5.10. The van der Waals surface area contributed by atoms with Crippen LogP contribution in [-0.4, -0.2) is 44.2 Å². The molecule has 1 N–H and O–H groups in total. The third-order valence-corrected chi connectivity index (χ3v) is 7.34. The first-order valence-corrected chi connectivity index (χ1v) is 13.3. The molecule has 196 valence electrons. The first-order valence-electron chi connectivity index (χ1n) is 13.3. The summed E-state index contributed by atoms with van der Waals surface area (Å²) in [4.78, 5) is 16.5. The number of hydrogen-bond acceptors (Lipinski definition) is 4. The standard InChI is InChI=1S/C32H40N2O3/c1-7-19-34(8-2)20-21-37-29-18-15-24(31(3,4)5)22-27(29)32(23-13-16-25(36-6)17-14-23)26-11-9-10-12-28(26)33-30(32)35/h9-18,22H,7-8,19-21H2,1-6H3,(H,33,35). The Morgan fingerprint density at radius 3 is 2.30 bits per heavy atom. The van der Waals surface area contributed by atoms with Gasteiger partial charge in [0.1, 0.15) is 23.5 Å². The molecule has 4 rings (SSSR count). The lowest BCUT2D eigenvalue weighted by molar-refractivity contribution is -0.118. The maximum Gasteiger partial charge on any atom is 0.244 e. The van der Waals surface area contributed by atoms with Crippen LogP contribution in [0.1, 0.15) is 63.3 Å². The molecule has 0 radical (unpaired) electrons. The van der Waals surface area contributed by atoms with Gasteiger partial charge in [0, 0.05) is 23.4 Å².